The molecule has 0 spiro atoms. The summed E-state index contributed by atoms with van der Waals surface area (Å²) >= 11 is 1.54. The molecule has 0 unspecified atom stereocenters. The topological polar surface area (TPSA) is 56.7 Å². The van der Waals surface area contributed by atoms with Crippen LogP contribution in [0.1, 0.15) is 5.56 Å². The lowest BCUT2D eigenvalue weighted by Crippen LogP contribution is -1.95. The fourth-order valence-electron chi connectivity index (χ4n) is 1.28. The largest absolute Gasteiger partial charge is 0.398 e. The van der Waals surface area contributed by atoms with Crippen molar-refractivity contribution in [1.82, 2.24) is 14.8 Å². The maximum absolute atomic E-state index is 5.91. The zero-order valence-electron chi connectivity index (χ0n) is 8.64. The molecule has 0 atom stereocenters. The van der Waals surface area contributed by atoms with Gasteiger partial charge in [0.2, 0.25) is 0 Å². The number of nitrogens with zero attached hydrogens (tertiary/aromatic N) is 3. The van der Waals surface area contributed by atoms with E-state index < -0.39 is 0 Å². The van der Waals surface area contributed by atoms with Gasteiger partial charge in [0.15, 0.2) is 5.16 Å². The molecule has 0 aliphatic heterocycles. The van der Waals surface area contributed by atoms with Crippen LogP contribution in [0.3, 0.4) is 0 Å². The van der Waals surface area contributed by atoms with Crippen molar-refractivity contribution in [1.29, 1.82) is 0 Å². The first-order valence-corrected chi connectivity index (χ1v) is 5.37. The maximum Gasteiger partial charge on any atom is 0.190 e. The summed E-state index contributed by atoms with van der Waals surface area (Å²) in [5.74, 6) is 0. The molecule has 4 nitrogen and oxygen atoms in total. The average Bonchev–Trinajstić information content (AvgIpc) is 2.58. The van der Waals surface area contributed by atoms with Crippen LogP contribution in [0.5, 0.6) is 0 Å². The summed E-state index contributed by atoms with van der Waals surface area (Å²) in [6, 6.07) is 5.88. The molecule has 2 rings (SSSR count). The summed E-state index contributed by atoms with van der Waals surface area (Å²) in [5, 5.41) is 4.86. The van der Waals surface area contributed by atoms with Gasteiger partial charge in [0, 0.05) is 17.6 Å². The second kappa shape index (κ2) is 3.94. The second-order valence-electron chi connectivity index (χ2n) is 3.26. The molecule has 1 aromatic heterocycles. The molecule has 1 heterocycles. The first-order valence-electron chi connectivity index (χ1n) is 4.55. The molecule has 0 aliphatic rings. The van der Waals surface area contributed by atoms with Gasteiger partial charge in [-0.3, -0.25) is 0 Å². The molecule has 0 bridgehead atoms. The third-order valence-electron chi connectivity index (χ3n) is 2.11. The van der Waals surface area contributed by atoms with Crippen LogP contribution in [-0.2, 0) is 7.05 Å². The molecule has 0 fully saturated rings. The fourth-order valence-corrected chi connectivity index (χ4v) is 2.16. The minimum Gasteiger partial charge on any atom is -0.398 e. The molecule has 0 aliphatic carbocycles. The van der Waals surface area contributed by atoms with Crippen LogP contribution in [0.25, 0.3) is 0 Å². The zero-order valence-corrected chi connectivity index (χ0v) is 9.45. The number of nitrogens with two attached hydrogens (primary N) is 1. The van der Waals surface area contributed by atoms with Crippen molar-refractivity contribution in [2.45, 2.75) is 17.0 Å². The number of anilines is 1. The quantitative estimate of drug-likeness (QED) is 0.785. The molecule has 15 heavy (non-hydrogen) atoms. The van der Waals surface area contributed by atoms with E-state index in [1.54, 1.807) is 4.68 Å². The van der Waals surface area contributed by atoms with Crippen molar-refractivity contribution in [3.8, 4) is 0 Å². The van der Waals surface area contributed by atoms with E-state index in [1.165, 1.54) is 18.1 Å². The molecular formula is C10H12N4S. The summed E-state index contributed by atoms with van der Waals surface area (Å²) in [6.45, 7) is 2.04. The van der Waals surface area contributed by atoms with Gasteiger partial charge < -0.3 is 5.73 Å². The average molecular weight is 220 g/mol. The Bertz CT molecular complexity index is 458. The minimum absolute atomic E-state index is 0.781. The molecule has 2 N–H and O–H groups in total. The molecule has 0 amide bonds. The summed E-state index contributed by atoms with van der Waals surface area (Å²) in [7, 11) is 1.86. The van der Waals surface area contributed by atoms with Gasteiger partial charge in [0.25, 0.3) is 0 Å². The van der Waals surface area contributed by atoms with Crippen molar-refractivity contribution in [3.05, 3.63) is 30.1 Å². The molecule has 0 radical (unpaired) electrons. The Hall–Kier alpha value is -1.49. The standard InChI is InChI=1S/C10H12N4S/c1-7-4-3-5-8(11)9(7)15-10-12-6-13-14(10)2/h3-6H,11H2,1-2H3. The van der Waals surface area contributed by atoms with Crippen LogP contribution in [0, 0.1) is 6.92 Å². The Morgan fingerprint density at radius 1 is 1.40 bits per heavy atom. The summed E-state index contributed by atoms with van der Waals surface area (Å²) in [4.78, 5) is 5.20. The Kier molecular flexibility index (Phi) is 2.64. The number of rotatable bonds is 2. The highest BCUT2D eigenvalue weighted by Crippen LogP contribution is 2.32. The lowest BCUT2D eigenvalue weighted by Gasteiger charge is -2.07. The highest BCUT2D eigenvalue weighted by molar-refractivity contribution is 7.99. The summed E-state index contributed by atoms with van der Waals surface area (Å²) < 4.78 is 1.73. The second-order valence-corrected chi connectivity index (χ2v) is 4.24. The van der Waals surface area contributed by atoms with Crippen molar-refractivity contribution >= 4 is 17.4 Å². The van der Waals surface area contributed by atoms with Crippen LogP contribution in [0.2, 0.25) is 0 Å². The molecule has 1 aromatic carbocycles. The molecule has 5 heteroatoms. The normalized spacial score (nSPS) is 10.5. The third-order valence-corrected chi connectivity index (χ3v) is 3.42. The number of nitrogen functional groups attached to an aromatic ring is 1. The van der Waals surface area contributed by atoms with E-state index in [1.807, 2.05) is 32.2 Å². The van der Waals surface area contributed by atoms with Crippen LogP contribution >= 0.6 is 11.8 Å². The van der Waals surface area contributed by atoms with E-state index in [0.29, 0.717) is 0 Å². The smallest absolute Gasteiger partial charge is 0.190 e. The number of hydrogen-bond acceptors (Lipinski definition) is 4. The Morgan fingerprint density at radius 3 is 2.80 bits per heavy atom. The number of aryl methyl sites for hydroxylation is 2. The molecule has 0 saturated heterocycles. The predicted molar refractivity (Wildman–Crippen MR) is 60.7 cm³/mol. The van der Waals surface area contributed by atoms with Gasteiger partial charge >= 0.3 is 0 Å². The first-order chi connectivity index (χ1) is 7.18. The molecule has 2 aromatic rings. The van der Waals surface area contributed by atoms with E-state index in [4.69, 9.17) is 5.73 Å². The lowest BCUT2D eigenvalue weighted by atomic mass is 10.2. The monoisotopic (exact) mass is 220 g/mol. The molecule has 78 valence electrons. The van der Waals surface area contributed by atoms with E-state index in [9.17, 15) is 0 Å². The van der Waals surface area contributed by atoms with Crippen LogP contribution in [0.4, 0.5) is 5.69 Å². The van der Waals surface area contributed by atoms with Crippen molar-refractivity contribution in [2.24, 2.45) is 7.05 Å². The van der Waals surface area contributed by atoms with Gasteiger partial charge in [-0.2, -0.15) is 5.10 Å². The fraction of sp³-hybridized carbons (Fsp3) is 0.200. The van der Waals surface area contributed by atoms with Gasteiger partial charge in [-0.1, -0.05) is 12.1 Å². The van der Waals surface area contributed by atoms with Gasteiger partial charge in [-0.05, 0) is 30.3 Å². The van der Waals surface area contributed by atoms with Gasteiger partial charge in [0.05, 0.1) is 0 Å². The number of hydrogen-bond donors (Lipinski definition) is 1. The lowest BCUT2D eigenvalue weighted by molar-refractivity contribution is 0.685. The van der Waals surface area contributed by atoms with E-state index >= 15 is 0 Å². The number of benzene rings is 1. The van der Waals surface area contributed by atoms with Crippen LogP contribution in [0.15, 0.2) is 34.6 Å². The van der Waals surface area contributed by atoms with Gasteiger partial charge in [-0.15, -0.1) is 0 Å². The highest BCUT2D eigenvalue weighted by atomic mass is 32.2. The van der Waals surface area contributed by atoms with Crippen molar-refractivity contribution < 1.29 is 0 Å². The summed E-state index contributed by atoms with van der Waals surface area (Å²) in [5.41, 5.74) is 7.85. The molecule has 0 saturated carbocycles. The van der Waals surface area contributed by atoms with E-state index in [-0.39, 0.29) is 0 Å². The Balaban J connectivity index is 2.36. The Labute approximate surface area is 92.5 Å². The van der Waals surface area contributed by atoms with Crippen molar-refractivity contribution in [3.63, 3.8) is 0 Å². The van der Waals surface area contributed by atoms with Crippen molar-refractivity contribution in [2.75, 3.05) is 5.73 Å². The van der Waals surface area contributed by atoms with Gasteiger partial charge in [0.1, 0.15) is 6.33 Å². The van der Waals surface area contributed by atoms with E-state index in [2.05, 4.69) is 10.1 Å². The summed E-state index contributed by atoms with van der Waals surface area (Å²) in [6.07, 6.45) is 1.54. The Morgan fingerprint density at radius 2 is 2.20 bits per heavy atom. The maximum atomic E-state index is 5.91. The highest BCUT2D eigenvalue weighted by Gasteiger charge is 2.08. The predicted octanol–water partition coefficient (Wildman–Crippen LogP) is 1.86. The minimum atomic E-state index is 0.781. The third kappa shape index (κ3) is 1.97. The number of aromatic nitrogens is 3. The molecular weight excluding hydrogens is 208 g/mol. The van der Waals surface area contributed by atoms with Gasteiger partial charge in [-0.25, -0.2) is 9.67 Å². The van der Waals surface area contributed by atoms with Crippen LogP contribution < -0.4 is 5.73 Å². The first kappa shape index (κ1) is 10.0. The van der Waals surface area contributed by atoms with E-state index in [0.717, 1.165) is 21.3 Å². The van der Waals surface area contributed by atoms with Crippen LogP contribution in [-0.4, -0.2) is 14.8 Å². The SMILES string of the molecule is Cc1cccc(N)c1Sc1ncnn1C. The zero-order chi connectivity index (χ0) is 10.8.